The van der Waals surface area contributed by atoms with Gasteiger partial charge in [0.1, 0.15) is 5.82 Å². The third-order valence-electron chi connectivity index (χ3n) is 3.91. The van der Waals surface area contributed by atoms with E-state index >= 15 is 0 Å². The molecule has 3 rings (SSSR count). The minimum absolute atomic E-state index is 0. The lowest BCUT2D eigenvalue weighted by Crippen LogP contribution is -2.55. The Morgan fingerprint density at radius 3 is 2.87 bits per heavy atom. The van der Waals surface area contributed by atoms with Gasteiger partial charge in [-0.3, -0.25) is 14.9 Å². The van der Waals surface area contributed by atoms with Gasteiger partial charge in [-0.2, -0.15) is 0 Å². The number of carbonyl (C=O) groups is 2. The molecule has 2 aliphatic heterocycles. The molecule has 23 heavy (non-hydrogen) atoms. The molecule has 1 aromatic carbocycles. The first-order valence-corrected chi connectivity index (χ1v) is 8.41. The maximum absolute atomic E-state index is 13.2. The number of amides is 2. The van der Waals surface area contributed by atoms with Crippen LogP contribution in [0.3, 0.4) is 0 Å². The molecule has 2 fully saturated rings. The fourth-order valence-electron chi connectivity index (χ4n) is 2.69. The number of hydrogen-bond donors (Lipinski definition) is 1. The van der Waals surface area contributed by atoms with Gasteiger partial charge in [0.25, 0.3) is 0 Å². The molecular weight excluding hydrogens is 341 g/mol. The van der Waals surface area contributed by atoms with Crippen LogP contribution < -0.4 is 5.32 Å². The number of carbonyl (C=O) groups excluding carboxylic acids is 2. The Bertz CT molecular complexity index is 584. The summed E-state index contributed by atoms with van der Waals surface area (Å²) in [4.78, 5) is 27.8. The van der Waals surface area contributed by atoms with E-state index in [-0.39, 0.29) is 42.6 Å². The molecule has 1 unspecified atom stereocenters. The second-order valence-electron chi connectivity index (χ2n) is 5.48. The summed E-state index contributed by atoms with van der Waals surface area (Å²) in [6, 6.07) is 6.08. The van der Waals surface area contributed by atoms with Crippen LogP contribution in [0, 0.1) is 5.82 Å². The van der Waals surface area contributed by atoms with E-state index in [1.165, 1.54) is 12.1 Å². The largest absolute Gasteiger partial charge is 0.335 e. The lowest BCUT2D eigenvalue weighted by Gasteiger charge is -2.35. The van der Waals surface area contributed by atoms with Gasteiger partial charge in [-0.1, -0.05) is 12.1 Å². The predicted molar refractivity (Wildman–Crippen MR) is 89.9 cm³/mol. The Morgan fingerprint density at radius 2 is 2.22 bits per heavy atom. The number of nitrogens with one attached hydrogen (secondary N) is 1. The molecule has 2 amide bonds. The van der Waals surface area contributed by atoms with E-state index in [0.717, 1.165) is 17.2 Å². The van der Waals surface area contributed by atoms with Gasteiger partial charge in [0, 0.05) is 31.3 Å². The van der Waals surface area contributed by atoms with Crippen molar-refractivity contribution in [2.24, 2.45) is 0 Å². The van der Waals surface area contributed by atoms with E-state index in [2.05, 4.69) is 5.32 Å². The quantitative estimate of drug-likeness (QED) is 0.877. The third kappa shape index (κ3) is 4.37. The number of nitrogens with zero attached hydrogens (tertiary/aromatic N) is 2. The van der Waals surface area contributed by atoms with Crippen LogP contribution in [-0.4, -0.2) is 58.9 Å². The average Bonchev–Trinajstić information content (AvgIpc) is 3.03. The number of benzene rings is 1. The van der Waals surface area contributed by atoms with E-state index in [0.29, 0.717) is 19.6 Å². The Balaban J connectivity index is 0.00000192. The van der Waals surface area contributed by atoms with Crippen molar-refractivity contribution in [1.29, 1.82) is 0 Å². The molecule has 0 bridgehead atoms. The second kappa shape index (κ2) is 7.99. The Hall–Kier alpha value is -1.31. The summed E-state index contributed by atoms with van der Waals surface area (Å²) < 4.78 is 13.2. The van der Waals surface area contributed by atoms with Gasteiger partial charge in [0.15, 0.2) is 0 Å². The lowest BCUT2D eigenvalue weighted by atomic mass is 10.1. The fourth-order valence-corrected chi connectivity index (χ4v) is 3.63. The van der Waals surface area contributed by atoms with Gasteiger partial charge in [-0.05, 0) is 17.7 Å². The summed E-state index contributed by atoms with van der Waals surface area (Å²) >= 11 is 1.69. The first kappa shape index (κ1) is 18.0. The van der Waals surface area contributed by atoms with Crippen molar-refractivity contribution >= 4 is 36.0 Å². The molecule has 1 atom stereocenters. The van der Waals surface area contributed by atoms with Gasteiger partial charge in [-0.25, -0.2) is 4.39 Å². The summed E-state index contributed by atoms with van der Waals surface area (Å²) in [5.74, 6) is 1.15. The molecule has 0 radical (unpaired) electrons. The SMILES string of the molecule is Cl.O=C1CN(C(=O)C2CSCN2)CCN1Cc1cccc(F)c1. The standard InChI is InChI=1S/C15H18FN3O2S.ClH/c16-12-3-1-2-11(6-12)7-18-4-5-19(8-14(18)20)15(21)13-9-22-10-17-13;/h1-3,6,13,17H,4-5,7-10H2;1H. The first-order valence-electron chi connectivity index (χ1n) is 7.25. The topological polar surface area (TPSA) is 52.7 Å². The average molecular weight is 360 g/mol. The van der Waals surface area contributed by atoms with Crippen LogP contribution in [0.1, 0.15) is 5.56 Å². The van der Waals surface area contributed by atoms with Gasteiger partial charge in [-0.15, -0.1) is 24.2 Å². The highest BCUT2D eigenvalue weighted by Gasteiger charge is 2.32. The van der Waals surface area contributed by atoms with Crippen molar-refractivity contribution in [2.45, 2.75) is 12.6 Å². The number of piperazine rings is 1. The minimum atomic E-state index is -0.302. The van der Waals surface area contributed by atoms with E-state index < -0.39 is 0 Å². The molecular formula is C15H19ClFN3O2S. The molecule has 0 aliphatic carbocycles. The summed E-state index contributed by atoms with van der Waals surface area (Å²) in [6.45, 7) is 1.51. The van der Waals surface area contributed by atoms with E-state index in [9.17, 15) is 14.0 Å². The van der Waals surface area contributed by atoms with Crippen LogP contribution in [0.2, 0.25) is 0 Å². The van der Waals surface area contributed by atoms with Crippen molar-refractivity contribution in [3.8, 4) is 0 Å². The maximum Gasteiger partial charge on any atom is 0.242 e. The molecule has 1 aromatic rings. The molecule has 0 saturated carbocycles. The monoisotopic (exact) mass is 359 g/mol. The first-order chi connectivity index (χ1) is 10.6. The summed E-state index contributed by atoms with van der Waals surface area (Å²) in [5.41, 5.74) is 0.766. The molecule has 1 N–H and O–H groups in total. The fraction of sp³-hybridized carbons (Fsp3) is 0.467. The van der Waals surface area contributed by atoms with Crippen LogP contribution in [0.5, 0.6) is 0 Å². The van der Waals surface area contributed by atoms with Gasteiger partial charge >= 0.3 is 0 Å². The predicted octanol–water partition coefficient (Wildman–Crippen LogP) is 1.08. The molecule has 2 aliphatic rings. The van der Waals surface area contributed by atoms with E-state index in [4.69, 9.17) is 0 Å². The van der Waals surface area contributed by atoms with Crippen LogP contribution in [0.4, 0.5) is 4.39 Å². The molecule has 5 nitrogen and oxygen atoms in total. The second-order valence-corrected chi connectivity index (χ2v) is 6.51. The summed E-state index contributed by atoms with van der Waals surface area (Å²) in [5, 5.41) is 3.13. The zero-order valence-electron chi connectivity index (χ0n) is 12.5. The van der Waals surface area contributed by atoms with E-state index in [1.807, 2.05) is 0 Å². The van der Waals surface area contributed by atoms with Crippen LogP contribution >= 0.6 is 24.2 Å². The smallest absolute Gasteiger partial charge is 0.242 e. The molecule has 0 aromatic heterocycles. The number of thioether (sulfide) groups is 1. The molecule has 2 saturated heterocycles. The maximum atomic E-state index is 13.2. The highest BCUT2D eigenvalue weighted by molar-refractivity contribution is 7.99. The van der Waals surface area contributed by atoms with Gasteiger partial charge in [0.05, 0.1) is 12.6 Å². The van der Waals surface area contributed by atoms with Crippen molar-refractivity contribution in [2.75, 3.05) is 31.3 Å². The number of hydrogen-bond acceptors (Lipinski definition) is 4. The zero-order valence-corrected chi connectivity index (χ0v) is 14.2. The number of halogens is 2. The number of rotatable bonds is 3. The van der Waals surface area contributed by atoms with Crippen LogP contribution in [0.25, 0.3) is 0 Å². The summed E-state index contributed by atoms with van der Waals surface area (Å²) in [7, 11) is 0. The Labute approximate surface area is 145 Å². The van der Waals surface area contributed by atoms with Crippen molar-refractivity contribution < 1.29 is 14.0 Å². The van der Waals surface area contributed by atoms with Crippen molar-refractivity contribution in [3.63, 3.8) is 0 Å². The Morgan fingerprint density at radius 1 is 1.39 bits per heavy atom. The van der Waals surface area contributed by atoms with Crippen LogP contribution in [0.15, 0.2) is 24.3 Å². The van der Waals surface area contributed by atoms with Gasteiger partial charge in [0.2, 0.25) is 11.8 Å². The lowest BCUT2D eigenvalue weighted by molar-refractivity contribution is -0.146. The molecule has 2 heterocycles. The minimum Gasteiger partial charge on any atom is -0.335 e. The van der Waals surface area contributed by atoms with E-state index in [1.54, 1.807) is 33.7 Å². The zero-order chi connectivity index (χ0) is 15.5. The van der Waals surface area contributed by atoms with Gasteiger partial charge < -0.3 is 9.80 Å². The molecule has 0 spiro atoms. The van der Waals surface area contributed by atoms with Crippen LogP contribution in [-0.2, 0) is 16.1 Å². The molecule has 8 heteroatoms. The van der Waals surface area contributed by atoms with Crippen molar-refractivity contribution in [3.05, 3.63) is 35.6 Å². The van der Waals surface area contributed by atoms with Crippen molar-refractivity contribution in [1.82, 2.24) is 15.1 Å². The Kier molecular flexibility index (Phi) is 6.26. The normalized spacial score (nSPS) is 21.3. The summed E-state index contributed by atoms with van der Waals surface area (Å²) in [6.07, 6.45) is 0. The highest BCUT2D eigenvalue weighted by atomic mass is 35.5. The third-order valence-corrected chi connectivity index (χ3v) is 4.85. The molecule has 126 valence electrons. The highest BCUT2D eigenvalue weighted by Crippen LogP contribution is 2.15.